The number of hydrogen-bond donors (Lipinski definition) is 0. The van der Waals surface area contributed by atoms with Crippen molar-refractivity contribution < 1.29 is 0 Å². The third kappa shape index (κ3) is 2.38. The molecule has 1 atom stereocenters. The van der Waals surface area contributed by atoms with E-state index >= 15 is 0 Å². The van der Waals surface area contributed by atoms with E-state index in [9.17, 15) is 0 Å². The van der Waals surface area contributed by atoms with Gasteiger partial charge in [-0.1, -0.05) is 68.7 Å². The molecule has 1 aliphatic carbocycles. The highest BCUT2D eigenvalue weighted by Crippen LogP contribution is 2.39. The van der Waals surface area contributed by atoms with Gasteiger partial charge in [0.15, 0.2) is 0 Å². The van der Waals surface area contributed by atoms with Gasteiger partial charge in [0.25, 0.3) is 0 Å². The van der Waals surface area contributed by atoms with Crippen LogP contribution in [0.1, 0.15) is 20.8 Å². The molecule has 0 aliphatic heterocycles. The highest BCUT2D eigenvalue weighted by molar-refractivity contribution is 5.64. The van der Waals surface area contributed by atoms with E-state index in [0.717, 1.165) is 11.1 Å². The molecule has 0 spiro atoms. The average Bonchev–Trinajstić information content (AvgIpc) is 2.38. The van der Waals surface area contributed by atoms with Crippen LogP contribution in [0, 0.1) is 5.92 Å². The van der Waals surface area contributed by atoms with Gasteiger partial charge >= 0.3 is 0 Å². The third-order valence-corrected chi connectivity index (χ3v) is 3.47. The molecular formula is C18H22. The molecule has 94 valence electrons. The first kappa shape index (κ1) is 14.2. The van der Waals surface area contributed by atoms with Crippen molar-refractivity contribution in [3.05, 3.63) is 84.1 Å². The molecule has 18 heavy (non-hydrogen) atoms. The first-order chi connectivity index (χ1) is 8.62. The third-order valence-electron chi connectivity index (χ3n) is 3.47. The largest absolute Gasteiger partial charge is 0.0991 e. The average molecular weight is 238 g/mol. The molecule has 0 amide bonds. The number of allylic oxidation sites excluding steroid dienone is 11. The molecule has 1 aliphatic rings. The Morgan fingerprint density at radius 3 is 2.06 bits per heavy atom. The van der Waals surface area contributed by atoms with Crippen molar-refractivity contribution in [1.29, 1.82) is 0 Å². The summed E-state index contributed by atoms with van der Waals surface area (Å²) in [7, 11) is 0. The van der Waals surface area contributed by atoms with Crippen LogP contribution in [0.4, 0.5) is 0 Å². The van der Waals surface area contributed by atoms with Gasteiger partial charge in [-0.2, -0.15) is 0 Å². The fraction of sp³-hybridized carbons (Fsp3) is 0.222. The zero-order valence-electron chi connectivity index (χ0n) is 11.7. The topological polar surface area (TPSA) is 0 Å². The van der Waals surface area contributed by atoms with Crippen molar-refractivity contribution in [3.8, 4) is 0 Å². The first-order valence-corrected chi connectivity index (χ1v) is 6.28. The SMILES string of the molecule is C=C/C=C1/C(C=C)=C(C=C)C(/C=C\C)=C(C)C1C. The fourth-order valence-electron chi connectivity index (χ4n) is 2.41. The summed E-state index contributed by atoms with van der Waals surface area (Å²) in [6, 6.07) is 0. The lowest BCUT2D eigenvalue weighted by atomic mass is 9.76. The van der Waals surface area contributed by atoms with Gasteiger partial charge in [-0.05, 0) is 36.1 Å². The number of hydrogen-bond acceptors (Lipinski definition) is 0. The molecule has 0 radical (unpaired) electrons. The summed E-state index contributed by atoms with van der Waals surface area (Å²) >= 11 is 0. The minimum absolute atomic E-state index is 0.380. The molecule has 0 bridgehead atoms. The fourth-order valence-corrected chi connectivity index (χ4v) is 2.41. The second kappa shape index (κ2) is 6.20. The summed E-state index contributed by atoms with van der Waals surface area (Å²) < 4.78 is 0. The predicted molar refractivity (Wildman–Crippen MR) is 82.4 cm³/mol. The van der Waals surface area contributed by atoms with Gasteiger partial charge in [0.2, 0.25) is 0 Å². The molecule has 0 aromatic heterocycles. The molecule has 1 rings (SSSR count). The highest BCUT2D eigenvalue weighted by Gasteiger charge is 2.24. The summed E-state index contributed by atoms with van der Waals surface area (Å²) in [6.45, 7) is 18.1. The lowest BCUT2D eigenvalue weighted by Gasteiger charge is -2.28. The molecule has 0 saturated carbocycles. The molecular weight excluding hydrogens is 216 g/mol. The first-order valence-electron chi connectivity index (χ1n) is 6.28. The smallest absolute Gasteiger partial charge is 0.00324 e. The Morgan fingerprint density at radius 2 is 1.61 bits per heavy atom. The summed E-state index contributed by atoms with van der Waals surface area (Å²) in [6.07, 6.45) is 12.0. The van der Waals surface area contributed by atoms with Crippen LogP contribution < -0.4 is 0 Å². The molecule has 0 saturated heterocycles. The Kier molecular flexibility index (Phi) is 4.91. The Labute approximate surface area is 111 Å². The van der Waals surface area contributed by atoms with Crippen molar-refractivity contribution in [3.63, 3.8) is 0 Å². The molecule has 0 fully saturated rings. The summed E-state index contributed by atoms with van der Waals surface area (Å²) in [5.41, 5.74) is 6.21. The molecule has 0 heterocycles. The van der Waals surface area contributed by atoms with Crippen molar-refractivity contribution in [2.75, 3.05) is 0 Å². The second-order valence-electron chi connectivity index (χ2n) is 4.41. The maximum Gasteiger partial charge on any atom is 0.00324 e. The Bertz CT molecular complexity index is 490. The van der Waals surface area contributed by atoms with Gasteiger partial charge in [-0.3, -0.25) is 0 Å². The maximum atomic E-state index is 3.94. The molecule has 1 unspecified atom stereocenters. The van der Waals surface area contributed by atoms with Gasteiger partial charge in [0, 0.05) is 5.92 Å². The van der Waals surface area contributed by atoms with E-state index in [0.29, 0.717) is 5.92 Å². The quantitative estimate of drug-likeness (QED) is 0.622. The van der Waals surface area contributed by atoms with Gasteiger partial charge < -0.3 is 0 Å². The van der Waals surface area contributed by atoms with E-state index in [1.165, 1.54) is 16.7 Å². The van der Waals surface area contributed by atoms with E-state index in [-0.39, 0.29) is 0 Å². The van der Waals surface area contributed by atoms with Crippen LogP contribution in [0.5, 0.6) is 0 Å². The highest BCUT2D eigenvalue weighted by atomic mass is 14.3. The predicted octanol–water partition coefficient (Wildman–Crippen LogP) is 5.31. The molecule has 0 heteroatoms. The van der Waals surface area contributed by atoms with Crippen LogP contribution >= 0.6 is 0 Å². The molecule has 0 aromatic rings. The summed E-state index contributed by atoms with van der Waals surface area (Å²) in [5.74, 6) is 0.380. The van der Waals surface area contributed by atoms with E-state index in [1.807, 2.05) is 25.2 Å². The van der Waals surface area contributed by atoms with E-state index in [2.05, 4.69) is 51.8 Å². The Morgan fingerprint density at radius 1 is 1.00 bits per heavy atom. The van der Waals surface area contributed by atoms with Crippen LogP contribution in [-0.2, 0) is 0 Å². The van der Waals surface area contributed by atoms with E-state index in [4.69, 9.17) is 0 Å². The number of rotatable bonds is 4. The van der Waals surface area contributed by atoms with Crippen molar-refractivity contribution in [1.82, 2.24) is 0 Å². The minimum Gasteiger partial charge on any atom is -0.0991 e. The van der Waals surface area contributed by atoms with Crippen LogP contribution in [0.15, 0.2) is 84.1 Å². The lowest BCUT2D eigenvalue weighted by molar-refractivity contribution is 0.791. The van der Waals surface area contributed by atoms with Crippen LogP contribution in [0.2, 0.25) is 0 Å². The van der Waals surface area contributed by atoms with Gasteiger partial charge in [-0.25, -0.2) is 0 Å². The van der Waals surface area contributed by atoms with E-state index in [1.54, 1.807) is 0 Å². The monoisotopic (exact) mass is 238 g/mol. The lowest BCUT2D eigenvalue weighted by Crippen LogP contribution is -2.13. The molecule has 0 N–H and O–H groups in total. The minimum atomic E-state index is 0.380. The zero-order valence-corrected chi connectivity index (χ0v) is 11.7. The van der Waals surface area contributed by atoms with Crippen LogP contribution in [0.25, 0.3) is 0 Å². The maximum absolute atomic E-state index is 3.94. The van der Waals surface area contributed by atoms with Crippen LogP contribution in [0.3, 0.4) is 0 Å². The van der Waals surface area contributed by atoms with Gasteiger partial charge in [0.05, 0.1) is 0 Å². The summed E-state index contributed by atoms with van der Waals surface area (Å²) in [5, 5.41) is 0. The standard InChI is InChI=1S/C18H22/c1-7-11-17-13(5)14(6)18(12-8-2)16(10-4)15(17)9-3/h7-13H,1,3-4H2,2,5-6H3/b12-8-,17-11+. The van der Waals surface area contributed by atoms with Crippen molar-refractivity contribution >= 4 is 0 Å². The van der Waals surface area contributed by atoms with E-state index < -0.39 is 0 Å². The normalized spacial score (nSPS) is 22.8. The van der Waals surface area contributed by atoms with Gasteiger partial charge in [-0.15, -0.1) is 0 Å². The summed E-state index contributed by atoms with van der Waals surface area (Å²) in [4.78, 5) is 0. The van der Waals surface area contributed by atoms with Crippen molar-refractivity contribution in [2.24, 2.45) is 5.92 Å². The van der Waals surface area contributed by atoms with Crippen LogP contribution in [-0.4, -0.2) is 0 Å². The van der Waals surface area contributed by atoms with Crippen molar-refractivity contribution in [2.45, 2.75) is 20.8 Å². The second-order valence-corrected chi connectivity index (χ2v) is 4.41. The zero-order chi connectivity index (χ0) is 13.7. The Hall–Kier alpha value is -1.82. The van der Waals surface area contributed by atoms with Gasteiger partial charge in [0.1, 0.15) is 0 Å². The molecule has 0 aromatic carbocycles. The molecule has 0 nitrogen and oxygen atoms in total. The Balaban J connectivity index is 3.62.